The third kappa shape index (κ3) is 4.00. The maximum absolute atomic E-state index is 13.1. The third-order valence-corrected chi connectivity index (χ3v) is 7.47. The molecule has 0 spiro atoms. The number of fused-ring (bicyclic) bond motifs is 3. The first-order chi connectivity index (χ1) is 17.7. The standard InChI is InChI=1S/C21H23F3N10O2S/c1-29-20(35)32(9-6-30-4-7-31(8-5-30)19-27-14(11-37-19)21(22,23)24)18-28-17-16(34(18)29)15(26-12-33(17)25)13-3-2-10-36-13/h2-3,10-11H,4-9,12,25H2,1H3. The fourth-order valence-corrected chi connectivity index (χ4v) is 5.52. The Morgan fingerprint density at radius 3 is 2.62 bits per heavy atom. The second-order valence-corrected chi connectivity index (χ2v) is 9.63. The lowest BCUT2D eigenvalue weighted by Crippen LogP contribution is -2.47. The normalized spacial score (nSPS) is 17.1. The fourth-order valence-electron chi connectivity index (χ4n) is 4.64. The molecule has 0 radical (unpaired) electrons. The van der Waals surface area contributed by atoms with E-state index >= 15 is 0 Å². The van der Waals surface area contributed by atoms with Crippen molar-refractivity contribution in [3.63, 3.8) is 0 Å². The molecule has 0 amide bonds. The number of hydrogen-bond acceptors (Lipinski definition) is 10. The number of imidazole rings is 1. The molecule has 6 rings (SSSR count). The Morgan fingerprint density at radius 1 is 1.16 bits per heavy atom. The minimum absolute atomic E-state index is 0.199. The van der Waals surface area contributed by atoms with Crippen molar-refractivity contribution in [2.45, 2.75) is 12.7 Å². The van der Waals surface area contributed by atoms with Gasteiger partial charge in [-0.15, -0.1) is 11.3 Å². The maximum Gasteiger partial charge on any atom is 0.434 e. The number of piperazine rings is 1. The van der Waals surface area contributed by atoms with Gasteiger partial charge in [0.1, 0.15) is 18.1 Å². The topological polar surface area (TPSA) is 118 Å². The number of halogens is 3. The van der Waals surface area contributed by atoms with Crippen LogP contribution in [0.25, 0.3) is 5.78 Å². The number of nitrogens with two attached hydrogens (primary N) is 1. The highest BCUT2D eigenvalue weighted by Gasteiger charge is 2.35. The van der Waals surface area contributed by atoms with Crippen LogP contribution in [0, 0.1) is 0 Å². The largest absolute Gasteiger partial charge is 0.463 e. The molecule has 4 aromatic heterocycles. The highest BCUT2D eigenvalue weighted by molar-refractivity contribution is 7.13. The first-order valence-corrected chi connectivity index (χ1v) is 12.4. The van der Waals surface area contributed by atoms with E-state index in [2.05, 4.69) is 19.9 Å². The van der Waals surface area contributed by atoms with Crippen LogP contribution >= 0.6 is 11.3 Å². The molecule has 196 valence electrons. The van der Waals surface area contributed by atoms with E-state index in [1.54, 1.807) is 34.5 Å². The summed E-state index contributed by atoms with van der Waals surface area (Å²) in [7, 11) is 1.66. The average molecular weight is 537 g/mol. The zero-order chi connectivity index (χ0) is 25.9. The lowest BCUT2D eigenvalue weighted by atomic mass is 10.2. The predicted octanol–water partition coefficient (Wildman–Crippen LogP) is 1.21. The van der Waals surface area contributed by atoms with Crippen molar-refractivity contribution in [2.75, 3.05) is 49.3 Å². The van der Waals surface area contributed by atoms with Gasteiger partial charge in [0.15, 0.2) is 22.4 Å². The fraction of sp³-hybridized carbons (Fsp3) is 0.429. The second kappa shape index (κ2) is 8.74. The summed E-state index contributed by atoms with van der Waals surface area (Å²) in [4.78, 5) is 30.1. The molecule has 0 aromatic carbocycles. The Labute approximate surface area is 211 Å². The molecule has 2 N–H and O–H groups in total. The molecule has 1 fully saturated rings. The number of hydrogen-bond donors (Lipinski definition) is 1. The van der Waals surface area contributed by atoms with Crippen molar-refractivity contribution in [1.29, 1.82) is 0 Å². The van der Waals surface area contributed by atoms with Crippen LogP contribution in [0.5, 0.6) is 0 Å². The van der Waals surface area contributed by atoms with Crippen LogP contribution in [0.15, 0.2) is 38.0 Å². The van der Waals surface area contributed by atoms with Crippen molar-refractivity contribution in [1.82, 2.24) is 28.6 Å². The van der Waals surface area contributed by atoms with Gasteiger partial charge >= 0.3 is 11.9 Å². The third-order valence-electron chi connectivity index (χ3n) is 6.57. The number of aryl methyl sites for hydroxylation is 1. The molecular weight excluding hydrogens is 513 g/mol. The SMILES string of the molecule is Cn1c(=O)n(CCN2CCN(c3nc(C(F)(F)F)cs3)CC2)c2nc3c(n21)C(c1ccco1)=NCN3N. The first-order valence-electron chi connectivity index (χ1n) is 11.5. The van der Waals surface area contributed by atoms with E-state index in [4.69, 9.17) is 10.3 Å². The van der Waals surface area contributed by atoms with Crippen LogP contribution in [-0.2, 0) is 19.8 Å². The van der Waals surface area contributed by atoms with E-state index in [0.717, 1.165) is 16.7 Å². The number of thiazole rings is 1. The molecule has 2 aliphatic heterocycles. The van der Waals surface area contributed by atoms with Gasteiger partial charge in [0.2, 0.25) is 5.78 Å². The molecule has 37 heavy (non-hydrogen) atoms. The monoisotopic (exact) mass is 536 g/mol. The van der Waals surface area contributed by atoms with Crippen molar-refractivity contribution < 1.29 is 17.6 Å². The zero-order valence-corrected chi connectivity index (χ0v) is 20.5. The van der Waals surface area contributed by atoms with Crippen LogP contribution in [0.1, 0.15) is 17.1 Å². The average Bonchev–Trinajstić information content (AvgIpc) is 3.66. The van der Waals surface area contributed by atoms with E-state index in [9.17, 15) is 18.0 Å². The highest BCUT2D eigenvalue weighted by Crippen LogP contribution is 2.33. The number of aliphatic imine (C=N–C) groups is 1. The summed E-state index contributed by atoms with van der Waals surface area (Å²) >= 11 is 0.999. The molecule has 0 aliphatic carbocycles. The Hall–Kier alpha value is -3.63. The summed E-state index contributed by atoms with van der Waals surface area (Å²) in [5.41, 5.74) is 0.0432. The molecule has 16 heteroatoms. The summed E-state index contributed by atoms with van der Waals surface area (Å²) in [6.45, 7) is 3.52. The van der Waals surface area contributed by atoms with E-state index in [1.165, 1.54) is 9.69 Å². The first kappa shape index (κ1) is 23.7. The highest BCUT2D eigenvalue weighted by atomic mass is 32.1. The molecule has 0 bridgehead atoms. The van der Waals surface area contributed by atoms with Gasteiger partial charge in [-0.3, -0.25) is 19.5 Å². The van der Waals surface area contributed by atoms with Crippen LogP contribution in [0.3, 0.4) is 0 Å². The van der Waals surface area contributed by atoms with Gasteiger partial charge in [-0.1, -0.05) is 0 Å². The van der Waals surface area contributed by atoms with Gasteiger partial charge in [0, 0.05) is 51.7 Å². The molecule has 6 heterocycles. The van der Waals surface area contributed by atoms with Gasteiger partial charge in [-0.25, -0.2) is 24.8 Å². The number of furan rings is 1. The number of aromatic nitrogens is 5. The van der Waals surface area contributed by atoms with Crippen LogP contribution in [0.4, 0.5) is 24.1 Å². The minimum Gasteiger partial charge on any atom is -0.463 e. The Balaban J connectivity index is 1.20. The molecule has 12 nitrogen and oxygen atoms in total. The summed E-state index contributed by atoms with van der Waals surface area (Å²) in [5, 5.41) is 2.84. The number of alkyl halides is 3. The van der Waals surface area contributed by atoms with Gasteiger partial charge < -0.3 is 9.32 Å². The minimum atomic E-state index is -4.44. The maximum atomic E-state index is 13.1. The van der Waals surface area contributed by atoms with Crippen LogP contribution in [-0.4, -0.2) is 73.7 Å². The Bertz CT molecular complexity index is 1520. The molecule has 0 atom stereocenters. The van der Waals surface area contributed by atoms with E-state index in [-0.39, 0.29) is 12.4 Å². The van der Waals surface area contributed by atoms with Gasteiger partial charge in [-0.2, -0.15) is 18.2 Å². The molecule has 0 saturated carbocycles. The molecule has 0 unspecified atom stereocenters. The quantitative estimate of drug-likeness (QED) is 0.379. The smallest absolute Gasteiger partial charge is 0.434 e. The van der Waals surface area contributed by atoms with Crippen molar-refractivity contribution in [2.24, 2.45) is 17.9 Å². The molecule has 4 aromatic rings. The van der Waals surface area contributed by atoms with Crippen molar-refractivity contribution in [3.8, 4) is 0 Å². The molecular formula is C21H23F3N10O2S. The van der Waals surface area contributed by atoms with Gasteiger partial charge in [0.05, 0.1) is 6.26 Å². The number of hydrazine groups is 1. The molecule has 1 saturated heterocycles. The lowest BCUT2D eigenvalue weighted by molar-refractivity contribution is -0.140. The number of anilines is 2. The van der Waals surface area contributed by atoms with Crippen molar-refractivity contribution in [3.05, 3.63) is 51.4 Å². The Kier molecular flexibility index (Phi) is 5.61. The summed E-state index contributed by atoms with van der Waals surface area (Å²) in [6, 6.07) is 3.55. The summed E-state index contributed by atoms with van der Waals surface area (Å²) < 4.78 is 49.0. The van der Waals surface area contributed by atoms with Gasteiger partial charge in [0.25, 0.3) is 0 Å². The predicted molar refractivity (Wildman–Crippen MR) is 130 cm³/mol. The van der Waals surface area contributed by atoms with Crippen LogP contribution in [0.2, 0.25) is 0 Å². The summed E-state index contributed by atoms with van der Waals surface area (Å²) in [6.07, 6.45) is -2.89. The lowest BCUT2D eigenvalue weighted by Gasteiger charge is -2.34. The van der Waals surface area contributed by atoms with Crippen molar-refractivity contribution >= 4 is 33.8 Å². The number of rotatable bonds is 5. The second-order valence-electron chi connectivity index (χ2n) is 8.79. The van der Waals surface area contributed by atoms with E-state index in [1.807, 2.05) is 4.90 Å². The number of nitrogens with zero attached hydrogens (tertiary/aromatic N) is 9. The van der Waals surface area contributed by atoms with E-state index in [0.29, 0.717) is 73.2 Å². The Morgan fingerprint density at radius 2 is 1.95 bits per heavy atom. The zero-order valence-electron chi connectivity index (χ0n) is 19.7. The van der Waals surface area contributed by atoms with E-state index < -0.39 is 11.9 Å². The summed E-state index contributed by atoms with van der Waals surface area (Å²) in [5.74, 6) is 7.63. The molecule has 2 aliphatic rings. The van der Waals surface area contributed by atoms with Gasteiger partial charge in [-0.05, 0) is 12.1 Å². The van der Waals surface area contributed by atoms with Crippen LogP contribution < -0.4 is 21.4 Å².